The minimum Gasteiger partial charge on any atom is -0.396 e. The third kappa shape index (κ3) is 3.12. The molecule has 0 saturated carbocycles. The summed E-state index contributed by atoms with van der Waals surface area (Å²) in [6.07, 6.45) is 2.13. The molecule has 0 radical (unpaired) electrons. The molecule has 7 nitrogen and oxygen atoms in total. The van der Waals surface area contributed by atoms with E-state index in [2.05, 4.69) is 5.32 Å². The van der Waals surface area contributed by atoms with Crippen LogP contribution >= 0.6 is 0 Å². The number of anilines is 2. The van der Waals surface area contributed by atoms with Gasteiger partial charge in [-0.25, -0.2) is 8.78 Å². The molecule has 1 fully saturated rings. The molecule has 1 aromatic heterocycles. The Hall–Kier alpha value is -3.15. The summed E-state index contributed by atoms with van der Waals surface area (Å²) >= 11 is 0. The summed E-state index contributed by atoms with van der Waals surface area (Å²) in [6, 6.07) is 1.66. The maximum absolute atomic E-state index is 15.8. The molecule has 1 aromatic carbocycles. The predicted octanol–water partition coefficient (Wildman–Crippen LogP) is 2.84. The number of rotatable bonds is 2. The fourth-order valence-electron chi connectivity index (χ4n) is 4.86. The SMILES string of the molecule is CC(=O)N1CCC(Nc2c(F)c(N)c3c(=O)c(C#N)c4n(c3c2F)C(C)(C)CC4)CC1. The number of likely N-dealkylation sites (tertiary alicyclic amines) is 1. The van der Waals surface area contributed by atoms with Crippen LogP contribution in [0.1, 0.15) is 51.3 Å². The zero-order valence-electron chi connectivity index (χ0n) is 17.8. The Morgan fingerprint density at radius 2 is 1.90 bits per heavy atom. The molecule has 1 amide bonds. The lowest BCUT2D eigenvalue weighted by Crippen LogP contribution is -2.41. The van der Waals surface area contributed by atoms with Crippen molar-refractivity contribution >= 4 is 28.2 Å². The number of pyridine rings is 1. The topological polar surface area (TPSA) is 104 Å². The molecule has 2 aliphatic heterocycles. The maximum atomic E-state index is 15.8. The van der Waals surface area contributed by atoms with Crippen LogP contribution in [0, 0.1) is 23.0 Å². The van der Waals surface area contributed by atoms with Gasteiger partial charge in [-0.2, -0.15) is 5.26 Å². The second kappa shape index (κ2) is 7.22. The van der Waals surface area contributed by atoms with Crippen molar-refractivity contribution in [2.75, 3.05) is 24.1 Å². The van der Waals surface area contributed by atoms with E-state index in [1.54, 1.807) is 9.47 Å². The van der Waals surface area contributed by atoms with Gasteiger partial charge in [0.1, 0.15) is 17.3 Å². The average molecular weight is 429 g/mol. The van der Waals surface area contributed by atoms with E-state index in [9.17, 15) is 14.9 Å². The van der Waals surface area contributed by atoms with Gasteiger partial charge in [-0.1, -0.05) is 0 Å². The molecule has 1 saturated heterocycles. The monoisotopic (exact) mass is 429 g/mol. The number of nitrogens with zero attached hydrogens (tertiary/aromatic N) is 3. The Labute approximate surface area is 178 Å². The number of aromatic nitrogens is 1. The van der Waals surface area contributed by atoms with E-state index in [4.69, 9.17) is 5.73 Å². The molecule has 0 spiro atoms. The van der Waals surface area contributed by atoms with E-state index in [1.807, 2.05) is 19.9 Å². The van der Waals surface area contributed by atoms with Crippen LogP contribution in [0.2, 0.25) is 0 Å². The van der Waals surface area contributed by atoms with Crippen LogP contribution in [-0.2, 0) is 16.8 Å². The van der Waals surface area contributed by atoms with Crippen LogP contribution < -0.4 is 16.5 Å². The van der Waals surface area contributed by atoms with E-state index in [-0.39, 0.29) is 34.1 Å². The Morgan fingerprint density at radius 3 is 2.48 bits per heavy atom. The molecule has 9 heteroatoms. The van der Waals surface area contributed by atoms with E-state index in [0.717, 1.165) is 0 Å². The van der Waals surface area contributed by atoms with E-state index in [1.165, 1.54) is 6.92 Å². The third-order valence-corrected chi connectivity index (χ3v) is 6.61. The molecule has 3 N–H and O–H groups in total. The number of nitrogens with two attached hydrogens (primary N) is 1. The van der Waals surface area contributed by atoms with Crippen LogP contribution in [0.15, 0.2) is 4.79 Å². The predicted molar refractivity (Wildman–Crippen MR) is 114 cm³/mol. The number of nitriles is 1. The van der Waals surface area contributed by atoms with Gasteiger partial charge in [-0.15, -0.1) is 0 Å². The summed E-state index contributed by atoms with van der Waals surface area (Å²) in [6.45, 7) is 6.25. The lowest BCUT2D eigenvalue weighted by molar-refractivity contribution is -0.129. The van der Waals surface area contributed by atoms with Gasteiger partial charge in [0, 0.05) is 37.3 Å². The van der Waals surface area contributed by atoms with Crippen LogP contribution in [-0.4, -0.2) is 34.5 Å². The van der Waals surface area contributed by atoms with Crippen molar-refractivity contribution in [3.8, 4) is 6.07 Å². The van der Waals surface area contributed by atoms with Crippen molar-refractivity contribution in [3.05, 3.63) is 33.1 Å². The molecule has 0 aliphatic carbocycles. The quantitative estimate of drug-likeness (QED) is 0.715. The highest BCUT2D eigenvalue weighted by molar-refractivity contribution is 5.96. The molecule has 0 unspecified atom stereocenters. The van der Waals surface area contributed by atoms with Crippen molar-refractivity contribution in [3.63, 3.8) is 0 Å². The number of fused-ring (bicyclic) bond motifs is 3. The minimum absolute atomic E-state index is 0.0313. The number of benzene rings is 1. The van der Waals surface area contributed by atoms with Crippen LogP contribution in [0.4, 0.5) is 20.2 Å². The van der Waals surface area contributed by atoms with Gasteiger partial charge in [0.15, 0.2) is 11.6 Å². The smallest absolute Gasteiger partial charge is 0.219 e. The Morgan fingerprint density at radius 1 is 1.26 bits per heavy atom. The number of carbonyl (C=O) groups excluding carboxylic acids is 1. The molecule has 3 heterocycles. The first-order valence-electron chi connectivity index (χ1n) is 10.4. The maximum Gasteiger partial charge on any atom is 0.219 e. The molecule has 2 aliphatic rings. The highest BCUT2D eigenvalue weighted by Crippen LogP contribution is 2.41. The number of nitrogens with one attached hydrogen (secondary N) is 1. The lowest BCUT2D eigenvalue weighted by Gasteiger charge is -2.33. The molecule has 4 rings (SSSR count). The molecule has 0 atom stereocenters. The third-order valence-electron chi connectivity index (χ3n) is 6.61. The Kier molecular flexibility index (Phi) is 4.91. The minimum atomic E-state index is -1.03. The Balaban J connectivity index is 1.90. The average Bonchev–Trinajstić information content (AvgIpc) is 3.04. The van der Waals surface area contributed by atoms with Crippen molar-refractivity contribution in [2.45, 2.75) is 58.0 Å². The van der Waals surface area contributed by atoms with Gasteiger partial charge < -0.3 is 20.5 Å². The molecular formula is C22H25F2N5O2. The van der Waals surface area contributed by atoms with Crippen molar-refractivity contribution in [2.24, 2.45) is 0 Å². The summed E-state index contributed by atoms with van der Waals surface area (Å²) in [5.41, 5.74) is 4.15. The van der Waals surface area contributed by atoms with Crippen LogP contribution in [0.25, 0.3) is 10.9 Å². The zero-order chi connectivity index (χ0) is 22.7. The van der Waals surface area contributed by atoms with Crippen molar-refractivity contribution in [1.29, 1.82) is 5.26 Å². The zero-order valence-corrected chi connectivity index (χ0v) is 17.8. The summed E-state index contributed by atoms with van der Waals surface area (Å²) in [5.74, 6) is -1.94. The number of piperidine rings is 1. The van der Waals surface area contributed by atoms with Gasteiger partial charge in [0.05, 0.1) is 16.6 Å². The number of hydrogen-bond acceptors (Lipinski definition) is 5. The molecule has 0 bridgehead atoms. The van der Waals surface area contributed by atoms with Crippen LogP contribution in [0.3, 0.4) is 0 Å². The van der Waals surface area contributed by atoms with E-state index >= 15 is 8.78 Å². The summed E-state index contributed by atoms with van der Waals surface area (Å²) < 4.78 is 32.6. The van der Waals surface area contributed by atoms with Gasteiger partial charge >= 0.3 is 0 Å². The summed E-state index contributed by atoms with van der Waals surface area (Å²) in [4.78, 5) is 26.2. The van der Waals surface area contributed by atoms with E-state index in [0.29, 0.717) is 44.5 Å². The number of halogens is 2. The number of amides is 1. The fourth-order valence-corrected chi connectivity index (χ4v) is 4.86. The van der Waals surface area contributed by atoms with Gasteiger partial charge in [0.2, 0.25) is 11.3 Å². The highest BCUT2D eigenvalue weighted by atomic mass is 19.1. The van der Waals surface area contributed by atoms with Crippen molar-refractivity contribution < 1.29 is 13.6 Å². The Bertz CT molecular complexity index is 1200. The lowest BCUT2D eigenvalue weighted by atomic mass is 10.0. The molecule has 31 heavy (non-hydrogen) atoms. The van der Waals surface area contributed by atoms with Crippen molar-refractivity contribution in [1.82, 2.24) is 9.47 Å². The first kappa shape index (κ1) is 21.1. The second-order valence-electron chi connectivity index (χ2n) is 8.98. The largest absolute Gasteiger partial charge is 0.396 e. The normalized spacial score (nSPS) is 18.1. The number of carbonyl (C=O) groups is 1. The molecule has 164 valence electrons. The summed E-state index contributed by atoms with van der Waals surface area (Å²) in [5, 5.41) is 12.2. The van der Waals surface area contributed by atoms with Gasteiger partial charge in [-0.05, 0) is 39.5 Å². The highest BCUT2D eigenvalue weighted by Gasteiger charge is 2.37. The molecular weight excluding hydrogens is 404 g/mol. The van der Waals surface area contributed by atoms with Gasteiger partial charge in [-0.3, -0.25) is 9.59 Å². The fraction of sp³-hybridized carbons (Fsp3) is 0.500. The number of hydrogen-bond donors (Lipinski definition) is 2. The van der Waals surface area contributed by atoms with E-state index < -0.39 is 28.3 Å². The first-order chi connectivity index (χ1) is 14.6. The second-order valence-corrected chi connectivity index (χ2v) is 8.98. The molecule has 2 aromatic rings. The summed E-state index contributed by atoms with van der Waals surface area (Å²) in [7, 11) is 0. The number of nitrogen functional groups attached to an aromatic ring is 1. The van der Waals surface area contributed by atoms with Crippen LogP contribution in [0.5, 0.6) is 0 Å². The first-order valence-corrected chi connectivity index (χ1v) is 10.4. The van der Waals surface area contributed by atoms with Gasteiger partial charge in [0.25, 0.3) is 0 Å². The standard InChI is InChI=1S/C22H25F2N5O2/c1-11(30)28-8-5-12(6-9-28)27-19-16(23)18(26)15-20(17(19)24)29-14(4-7-22(29,2)3)13(10-25)21(15)31/h12,27H,4-9,26H2,1-3H3.